The third kappa shape index (κ3) is 3.41. The molecular weight excluding hydrogens is 382 g/mol. The molecule has 1 aliphatic rings. The van der Waals surface area contributed by atoms with Gasteiger partial charge in [-0.1, -0.05) is 22.8 Å². The third-order valence-corrected chi connectivity index (χ3v) is 4.92. The van der Waals surface area contributed by atoms with E-state index in [1.54, 1.807) is 43.4 Å². The van der Waals surface area contributed by atoms with E-state index in [1.165, 1.54) is 0 Å². The number of benzene rings is 2. The lowest BCUT2D eigenvalue weighted by molar-refractivity contribution is -0.117. The van der Waals surface area contributed by atoms with Gasteiger partial charge in [-0.25, -0.2) is 0 Å². The first kappa shape index (κ1) is 18.3. The molecule has 1 saturated heterocycles. The van der Waals surface area contributed by atoms with Crippen molar-refractivity contribution < 1.29 is 18.8 Å². The molecule has 144 valence electrons. The van der Waals surface area contributed by atoms with Crippen LogP contribution in [0.2, 0.25) is 5.02 Å². The smallest absolute Gasteiger partial charge is 0.257 e. The minimum atomic E-state index is -0.155. The highest BCUT2D eigenvalue weighted by molar-refractivity contribution is 6.30. The summed E-state index contributed by atoms with van der Waals surface area (Å²) in [5.74, 6) is 1.90. The number of amides is 1. The molecule has 0 N–H and O–H groups in total. The molecule has 8 heteroatoms. The van der Waals surface area contributed by atoms with Gasteiger partial charge in [-0.05, 0) is 30.3 Å². The van der Waals surface area contributed by atoms with E-state index >= 15 is 0 Å². The van der Waals surface area contributed by atoms with E-state index < -0.39 is 0 Å². The van der Waals surface area contributed by atoms with E-state index in [2.05, 4.69) is 10.1 Å². The van der Waals surface area contributed by atoms with Crippen LogP contribution in [-0.2, 0) is 4.79 Å². The van der Waals surface area contributed by atoms with Gasteiger partial charge in [-0.3, -0.25) is 4.79 Å². The highest BCUT2D eigenvalue weighted by atomic mass is 35.5. The van der Waals surface area contributed by atoms with Crippen molar-refractivity contribution in [2.24, 2.45) is 0 Å². The minimum absolute atomic E-state index is 0.00803. The molecule has 1 fully saturated rings. The van der Waals surface area contributed by atoms with Crippen molar-refractivity contribution in [3.63, 3.8) is 0 Å². The number of ether oxygens (including phenoxy) is 2. The number of nitrogens with zero attached hydrogens (tertiary/aromatic N) is 3. The number of rotatable bonds is 5. The standard InChI is InChI=1S/C20H18ClN3O4/c1-26-16-7-6-15(10-17(16)27-2)24-11-13(9-18(24)25)19-22-20(28-23-19)12-4-3-5-14(21)8-12/h3-8,10,13H,9,11H2,1-2H3/t13-/m0/s1. The van der Waals surface area contributed by atoms with E-state index in [1.807, 2.05) is 18.2 Å². The molecule has 0 aliphatic carbocycles. The number of hydrogen-bond donors (Lipinski definition) is 0. The van der Waals surface area contributed by atoms with Crippen LogP contribution in [0.3, 0.4) is 0 Å². The number of carbonyl (C=O) groups excluding carboxylic acids is 1. The van der Waals surface area contributed by atoms with Gasteiger partial charge >= 0.3 is 0 Å². The lowest BCUT2D eigenvalue weighted by atomic mass is 10.1. The fraction of sp³-hybridized carbons (Fsp3) is 0.250. The normalized spacial score (nSPS) is 16.5. The zero-order chi connectivity index (χ0) is 19.7. The van der Waals surface area contributed by atoms with Crippen LogP contribution in [0.15, 0.2) is 47.0 Å². The highest BCUT2D eigenvalue weighted by Gasteiger charge is 2.35. The molecule has 3 aromatic rings. The highest BCUT2D eigenvalue weighted by Crippen LogP contribution is 2.36. The Kier molecular flexibility index (Phi) is 4.92. The van der Waals surface area contributed by atoms with E-state index in [4.69, 9.17) is 25.6 Å². The first-order chi connectivity index (χ1) is 13.6. The first-order valence-corrected chi connectivity index (χ1v) is 9.08. The topological polar surface area (TPSA) is 77.7 Å². The summed E-state index contributed by atoms with van der Waals surface area (Å²) in [6, 6.07) is 12.6. The number of aromatic nitrogens is 2. The predicted molar refractivity (Wildman–Crippen MR) is 104 cm³/mol. The van der Waals surface area contributed by atoms with Crippen LogP contribution < -0.4 is 14.4 Å². The van der Waals surface area contributed by atoms with Crippen molar-refractivity contribution in [1.82, 2.24) is 10.1 Å². The third-order valence-electron chi connectivity index (χ3n) is 4.68. The first-order valence-electron chi connectivity index (χ1n) is 8.71. The van der Waals surface area contributed by atoms with E-state index in [-0.39, 0.29) is 11.8 Å². The molecule has 0 radical (unpaired) electrons. The molecule has 0 unspecified atom stereocenters. The summed E-state index contributed by atoms with van der Waals surface area (Å²) in [7, 11) is 3.13. The average molecular weight is 400 g/mol. The number of carbonyl (C=O) groups is 1. The second-order valence-electron chi connectivity index (χ2n) is 6.41. The van der Waals surface area contributed by atoms with Crippen molar-refractivity contribution in [1.29, 1.82) is 0 Å². The fourth-order valence-electron chi connectivity index (χ4n) is 3.26. The average Bonchev–Trinajstić information content (AvgIpc) is 3.34. The summed E-state index contributed by atoms with van der Waals surface area (Å²) in [6.07, 6.45) is 0.308. The maximum Gasteiger partial charge on any atom is 0.257 e. The van der Waals surface area contributed by atoms with E-state index in [0.29, 0.717) is 41.2 Å². The molecule has 1 atom stereocenters. The Hall–Kier alpha value is -3.06. The Labute approximate surface area is 166 Å². The SMILES string of the molecule is COc1ccc(N2C[C@@H](c3noc(-c4cccc(Cl)c4)n3)CC2=O)cc1OC. The van der Waals surface area contributed by atoms with Gasteiger partial charge in [0.2, 0.25) is 5.91 Å². The molecule has 0 saturated carbocycles. The molecule has 0 spiro atoms. The molecule has 28 heavy (non-hydrogen) atoms. The molecule has 1 aromatic heterocycles. The van der Waals surface area contributed by atoms with Gasteiger partial charge in [0.15, 0.2) is 17.3 Å². The van der Waals surface area contributed by atoms with Gasteiger partial charge in [0.1, 0.15) is 0 Å². The Balaban J connectivity index is 1.56. The van der Waals surface area contributed by atoms with Gasteiger partial charge in [0, 0.05) is 41.2 Å². The second kappa shape index (κ2) is 7.52. The largest absolute Gasteiger partial charge is 0.493 e. The van der Waals surface area contributed by atoms with Gasteiger partial charge < -0.3 is 18.9 Å². The summed E-state index contributed by atoms with van der Waals surface area (Å²) in [5, 5.41) is 4.67. The Bertz CT molecular complexity index is 1020. The second-order valence-corrected chi connectivity index (χ2v) is 6.85. The number of methoxy groups -OCH3 is 2. The molecule has 2 heterocycles. The Morgan fingerprint density at radius 2 is 1.96 bits per heavy atom. The molecule has 1 aliphatic heterocycles. The van der Waals surface area contributed by atoms with Crippen LogP contribution in [0, 0.1) is 0 Å². The van der Waals surface area contributed by atoms with Crippen molar-refractivity contribution >= 4 is 23.2 Å². The Morgan fingerprint density at radius 3 is 2.71 bits per heavy atom. The molecule has 0 bridgehead atoms. The van der Waals surface area contributed by atoms with Crippen molar-refractivity contribution in [2.75, 3.05) is 25.7 Å². The van der Waals surface area contributed by atoms with E-state index in [9.17, 15) is 4.79 Å². The molecule has 7 nitrogen and oxygen atoms in total. The summed E-state index contributed by atoms with van der Waals surface area (Å²) >= 11 is 6.02. The number of anilines is 1. The summed E-state index contributed by atoms with van der Waals surface area (Å²) in [5.41, 5.74) is 1.48. The van der Waals surface area contributed by atoms with Crippen LogP contribution in [0.5, 0.6) is 11.5 Å². The number of hydrogen-bond acceptors (Lipinski definition) is 6. The van der Waals surface area contributed by atoms with Crippen LogP contribution in [0.25, 0.3) is 11.5 Å². The van der Waals surface area contributed by atoms with Gasteiger partial charge in [0.05, 0.1) is 14.2 Å². The molecular formula is C20H18ClN3O4. The zero-order valence-corrected chi connectivity index (χ0v) is 16.1. The van der Waals surface area contributed by atoms with Crippen molar-refractivity contribution in [3.8, 4) is 23.0 Å². The lowest BCUT2D eigenvalue weighted by Gasteiger charge is -2.18. The maximum atomic E-state index is 12.6. The lowest BCUT2D eigenvalue weighted by Crippen LogP contribution is -2.24. The number of halogens is 1. The Morgan fingerprint density at radius 1 is 1.14 bits per heavy atom. The maximum absolute atomic E-state index is 12.6. The quantitative estimate of drug-likeness (QED) is 0.647. The summed E-state index contributed by atoms with van der Waals surface area (Å²) in [4.78, 5) is 18.7. The minimum Gasteiger partial charge on any atom is -0.493 e. The van der Waals surface area contributed by atoms with Crippen LogP contribution in [0.4, 0.5) is 5.69 Å². The van der Waals surface area contributed by atoms with Crippen LogP contribution in [0.1, 0.15) is 18.2 Å². The van der Waals surface area contributed by atoms with E-state index in [0.717, 1.165) is 11.3 Å². The predicted octanol–water partition coefficient (Wildman–Crippen LogP) is 3.93. The molecule has 2 aromatic carbocycles. The van der Waals surface area contributed by atoms with Crippen LogP contribution in [-0.4, -0.2) is 36.8 Å². The fourth-order valence-corrected chi connectivity index (χ4v) is 3.45. The van der Waals surface area contributed by atoms with Gasteiger partial charge in [0.25, 0.3) is 5.89 Å². The zero-order valence-electron chi connectivity index (χ0n) is 15.4. The summed E-state index contributed by atoms with van der Waals surface area (Å²) < 4.78 is 16.0. The monoisotopic (exact) mass is 399 g/mol. The molecule has 1 amide bonds. The summed E-state index contributed by atoms with van der Waals surface area (Å²) in [6.45, 7) is 0.461. The van der Waals surface area contributed by atoms with Crippen LogP contribution >= 0.6 is 11.6 Å². The molecule has 4 rings (SSSR count). The van der Waals surface area contributed by atoms with Gasteiger partial charge in [-0.15, -0.1) is 0 Å². The van der Waals surface area contributed by atoms with Crippen molar-refractivity contribution in [2.45, 2.75) is 12.3 Å². The van der Waals surface area contributed by atoms with Gasteiger partial charge in [-0.2, -0.15) is 4.98 Å². The van der Waals surface area contributed by atoms with Crippen molar-refractivity contribution in [3.05, 3.63) is 53.3 Å².